The highest BCUT2D eigenvalue weighted by Gasteiger charge is 2.32. The van der Waals surface area contributed by atoms with Crippen LogP contribution >= 0.6 is 11.8 Å². The van der Waals surface area contributed by atoms with Gasteiger partial charge in [0.1, 0.15) is 16.7 Å². The highest BCUT2D eigenvalue weighted by Crippen LogP contribution is 2.30. The average molecular weight is 457 g/mol. The number of nitrogens with zero attached hydrogens (tertiary/aromatic N) is 3. The number of carbonyl (C=O) groups is 2. The Hall–Kier alpha value is -3.93. The molecule has 0 aliphatic carbocycles. The summed E-state index contributed by atoms with van der Waals surface area (Å²) in [7, 11) is 2.92. The van der Waals surface area contributed by atoms with Crippen molar-refractivity contribution < 1.29 is 24.0 Å². The van der Waals surface area contributed by atoms with Gasteiger partial charge in [0.05, 0.1) is 37.1 Å². The molecule has 1 unspecified atom stereocenters. The van der Waals surface area contributed by atoms with Gasteiger partial charge in [0.15, 0.2) is 5.17 Å². The van der Waals surface area contributed by atoms with Crippen LogP contribution in [-0.2, 0) is 9.59 Å². The van der Waals surface area contributed by atoms with Gasteiger partial charge in [-0.05, 0) is 35.9 Å². The van der Waals surface area contributed by atoms with Crippen LogP contribution in [0, 0.1) is 10.1 Å². The number of benzene rings is 2. The molecule has 32 heavy (non-hydrogen) atoms. The van der Waals surface area contributed by atoms with Gasteiger partial charge >= 0.3 is 0 Å². The van der Waals surface area contributed by atoms with Crippen LogP contribution in [0.4, 0.5) is 11.4 Å². The minimum atomic E-state index is -0.686. The topological polar surface area (TPSA) is 145 Å². The quantitative estimate of drug-likeness (QED) is 0.352. The number of amidine groups is 1. The maximum Gasteiger partial charge on any atom is 0.273 e. The van der Waals surface area contributed by atoms with Crippen LogP contribution in [0.3, 0.4) is 0 Å². The van der Waals surface area contributed by atoms with Gasteiger partial charge in [-0.3, -0.25) is 19.7 Å². The molecular weight excluding hydrogens is 438 g/mol. The van der Waals surface area contributed by atoms with Crippen molar-refractivity contribution in [3.8, 4) is 11.5 Å². The van der Waals surface area contributed by atoms with Gasteiger partial charge in [-0.2, -0.15) is 5.10 Å². The van der Waals surface area contributed by atoms with Crippen LogP contribution in [-0.4, -0.2) is 47.6 Å². The molecule has 3 rings (SSSR count). The second kappa shape index (κ2) is 10.4. The van der Waals surface area contributed by atoms with Crippen LogP contribution < -0.4 is 20.1 Å². The lowest BCUT2D eigenvalue weighted by Gasteiger charge is -2.11. The zero-order valence-corrected chi connectivity index (χ0v) is 17.9. The average Bonchev–Trinajstić information content (AvgIpc) is 3.13. The smallest absolute Gasteiger partial charge is 0.273 e. The Kier molecular flexibility index (Phi) is 7.39. The molecule has 2 aromatic rings. The number of non-ortho nitro benzene ring substituents is 1. The summed E-state index contributed by atoms with van der Waals surface area (Å²) in [6.45, 7) is 0. The summed E-state index contributed by atoms with van der Waals surface area (Å²) < 4.78 is 10.2. The summed E-state index contributed by atoms with van der Waals surface area (Å²) in [6.07, 6.45) is 1.40. The fraction of sp³-hybridized carbons (Fsp3) is 0.200. The molecule has 12 heteroatoms. The number of carbonyl (C=O) groups excluding carboxylic acids is 2. The van der Waals surface area contributed by atoms with Crippen LogP contribution in [0.15, 0.2) is 52.7 Å². The van der Waals surface area contributed by atoms with Gasteiger partial charge in [-0.15, -0.1) is 5.10 Å². The molecule has 0 saturated carbocycles. The Bertz CT molecular complexity index is 1090. The first-order valence-electron chi connectivity index (χ1n) is 9.24. The van der Waals surface area contributed by atoms with Gasteiger partial charge in [0.25, 0.3) is 5.69 Å². The Morgan fingerprint density at radius 2 is 2.00 bits per heavy atom. The molecule has 0 spiro atoms. The fourth-order valence-electron chi connectivity index (χ4n) is 2.69. The molecule has 1 saturated heterocycles. The lowest BCUT2D eigenvalue weighted by Crippen LogP contribution is -2.28. The second-order valence-electron chi connectivity index (χ2n) is 6.41. The Morgan fingerprint density at radius 3 is 2.66 bits per heavy atom. The number of amides is 2. The number of nitro groups is 1. The van der Waals surface area contributed by atoms with E-state index in [2.05, 4.69) is 20.8 Å². The molecule has 11 nitrogen and oxygen atoms in total. The van der Waals surface area contributed by atoms with E-state index in [1.165, 1.54) is 31.5 Å². The molecule has 0 bridgehead atoms. The molecular formula is C20H19N5O6S. The third kappa shape index (κ3) is 5.82. The number of methoxy groups -OCH3 is 2. The van der Waals surface area contributed by atoms with Crippen molar-refractivity contribution in [3.63, 3.8) is 0 Å². The molecule has 1 atom stereocenters. The molecule has 2 N–H and O–H groups in total. The first kappa shape index (κ1) is 22.7. The van der Waals surface area contributed by atoms with Crippen LogP contribution in [0.5, 0.6) is 11.5 Å². The van der Waals surface area contributed by atoms with Gasteiger partial charge in [-0.1, -0.05) is 11.8 Å². The van der Waals surface area contributed by atoms with Gasteiger partial charge < -0.3 is 20.1 Å². The zero-order valence-electron chi connectivity index (χ0n) is 17.1. The third-order valence-corrected chi connectivity index (χ3v) is 5.36. The number of anilines is 1. The Morgan fingerprint density at radius 1 is 1.25 bits per heavy atom. The lowest BCUT2D eigenvalue weighted by atomic mass is 10.2. The number of nitrogens with one attached hydrogen (secondary N) is 2. The van der Waals surface area contributed by atoms with Crippen molar-refractivity contribution >= 4 is 46.3 Å². The van der Waals surface area contributed by atoms with Crippen molar-refractivity contribution in [2.45, 2.75) is 11.7 Å². The first-order valence-corrected chi connectivity index (χ1v) is 10.1. The SMILES string of the molecule is COc1ccc(/C=N/N=C2\NC(=O)C(CC(=O)Nc3ccc([N+](=O)[O-])cc3OC)S2)cc1. The maximum atomic E-state index is 12.4. The van der Waals surface area contributed by atoms with Crippen molar-refractivity contribution in [1.82, 2.24) is 5.32 Å². The van der Waals surface area contributed by atoms with E-state index in [1.807, 2.05) is 12.1 Å². The maximum absolute atomic E-state index is 12.4. The van der Waals surface area contributed by atoms with Gasteiger partial charge in [0, 0.05) is 12.5 Å². The predicted molar refractivity (Wildman–Crippen MR) is 120 cm³/mol. The van der Waals surface area contributed by atoms with Crippen LogP contribution in [0.2, 0.25) is 0 Å². The number of rotatable bonds is 8. The summed E-state index contributed by atoms with van der Waals surface area (Å²) in [5.41, 5.74) is 0.906. The van der Waals surface area contributed by atoms with E-state index < -0.39 is 16.1 Å². The van der Waals surface area contributed by atoms with Crippen molar-refractivity contribution in [1.29, 1.82) is 0 Å². The van der Waals surface area contributed by atoms with Gasteiger partial charge in [-0.25, -0.2) is 0 Å². The predicted octanol–water partition coefficient (Wildman–Crippen LogP) is 2.56. The molecule has 0 radical (unpaired) electrons. The number of nitro benzene ring substituents is 1. The molecule has 1 aliphatic heterocycles. The van der Waals surface area contributed by atoms with E-state index in [0.717, 1.165) is 23.1 Å². The standard InChI is InChI=1S/C20H19N5O6S/c1-30-14-6-3-12(4-7-14)11-21-24-20-23-19(27)17(32-20)10-18(26)22-15-8-5-13(25(28)29)9-16(15)31-2/h3-9,11,17H,10H2,1-2H3,(H,22,26)(H,23,24,27)/b21-11+. The van der Waals surface area contributed by atoms with E-state index in [-0.39, 0.29) is 34.6 Å². The monoisotopic (exact) mass is 457 g/mol. The highest BCUT2D eigenvalue weighted by molar-refractivity contribution is 8.15. The van der Waals surface area contributed by atoms with Crippen LogP contribution in [0.1, 0.15) is 12.0 Å². The van der Waals surface area contributed by atoms with E-state index in [0.29, 0.717) is 0 Å². The van der Waals surface area contributed by atoms with E-state index in [1.54, 1.807) is 19.2 Å². The summed E-state index contributed by atoms with van der Waals surface area (Å²) in [6, 6.07) is 11.0. The number of thioether (sulfide) groups is 1. The van der Waals surface area contributed by atoms with E-state index >= 15 is 0 Å². The lowest BCUT2D eigenvalue weighted by molar-refractivity contribution is -0.384. The number of ether oxygens (including phenoxy) is 2. The molecule has 1 fully saturated rings. The minimum Gasteiger partial charge on any atom is -0.497 e. The fourth-order valence-corrected chi connectivity index (χ4v) is 3.61. The number of hydrogen-bond donors (Lipinski definition) is 2. The zero-order chi connectivity index (χ0) is 23.1. The Balaban J connectivity index is 1.58. The second-order valence-corrected chi connectivity index (χ2v) is 7.60. The van der Waals surface area contributed by atoms with Gasteiger partial charge in [0.2, 0.25) is 11.8 Å². The van der Waals surface area contributed by atoms with Crippen LogP contribution in [0.25, 0.3) is 0 Å². The minimum absolute atomic E-state index is 0.127. The van der Waals surface area contributed by atoms with Crippen molar-refractivity contribution in [2.75, 3.05) is 19.5 Å². The highest BCUT2D eigenvalue weighted by atomic mass is 32.2. The first-order chi connectivity index (χ1) is 15.4. The Labute approximate surface area is 187 Å². The largest absolute Gasteiger partial charge is 0.497 e. The summed E-state index contributed by atoms with van der Waals surface area (Å²) in [5.74, 6) is 0.0535. The van der Waals surface area contributed by atoms with E-state index in [9.17, 15) is 19.7 Å². The molecule has 2 aromatic carbocycles. The number of hydrogen-bond acceptors (Lipinski definition) is 9. The molecule has 166 valence electrons. The molecule has 2 amide bonds. The normalized spacial score (nSPS) is 16.8. The summed E-state index contributed by atoms with van der Waals surface area (Å²) >= 11 is 1.09. The summed E-state index contributed by atoms with van der Waals surface area (Å²) in [5, 5.41) is 23.6. The van der Waals surface area contributed by atoms with E-state index in [4.69, 9.17) is 9.47 Å². The molecule has 1 aliphatic rings. The third-order valence-electron chi connectivity index (χ3n) is 4.29. The van der Waals surface area contributed by atoms with Crippen molar-refractivity contribution in [2.24, 2.45) is 10.2 Å². The molecule has 1 heterocycles. The molecule has 0 aromatic heterocycles. The summed E-state index contributed by atoms with van der Waals surface area (Å²) in [4.78, 5) is 34.9. The van der Waals surface area contributed by atoms with Crippen molar-refractivity contribution in [3.05, 3.63) is 58.1 Å².